The average Bonchev–Trinajstić information content (AvgIpc) is 3.26. The summed E-state index contributed by atoms with van der Waals surface area (Å²) in [5.41, 5.74) is 4.24. The van der Waals surface area contributed by atoms with Crippen molar-refractivity contribution in [3.63, 3.8) is 0 Å². The van der Waals surface area contributed by atoms with Gasteiger partial charge in [-0.3, -0.25) is 4.79 Å². The predicted octanol–water partition coefficient (Wildman–Crippen LogP) is 4.58. The molecular formula is C25H27N3O4S. The van der Waals surface area contributed by atoms with Crippen molar-refractivity contribution < 1.29 is 18.8 Å². The number of fused-ring (bicyclic) bond motifs is 1. The molecule has 0 fully saturated rings. The van der Waals surface area contributed by atoms with Gasteiger partial charge in [-0.1, -0.05) is 35.5 Å². The normalized spacial score (nSPS) is 13.8. The molecule has 172 valence electrons. The van der Waals surface area contributed by atoms with Crippen molar-refractivity contribution in [3.8, 4) is 0 Å². The van der Waals surface area contributed by atoms with E-state index < -0.39 is 5.97 Å². The number of carbonyl (C=O) groups is 2. The summed E-state index contributed by atoms with van der Waals surface area (Å²) in [6.07, 6.45) is 4.66. The molecule has 0 saturated carbocycles. The van der Waals surface area contributed by atoms with E-state index in [2.05, 4.69) is 33.7 Å². The Hall–Kier alpha value is -3.13. The molecule has 2 aromatic carbocycles. The van der Waals surface area contributed by atoms with Crippen molar-refractivity contribution in [1.29, 1.82) is 0 Å². The van der Waals surface area contributed by atoms with E-state index in [1.807, 2.05) is 19.1 Å². The van der Waals surface area contributed by atoms with Gasteiger partial charge in [-0.2, -0.15) is 4.98 Å². The van der Waals surface area contributed by atoms with Gasteiger partial charge in [0, 0.05) is 4.90 Å². The van der Waals surface area contributed by atoms with Crippen LogP contribution >= 0.6 is 11.8 Å². The van der Waals surface area contributed by atoms with Crippen LogP contribution in [-0.2, 0) is 28.1 Å². The Balaban J connectivity index is 1.31. The van der Waals surface area contributed by atoms with Gasteiger partial charge in [0.05, 0.1) is 17.4 Å². The fourth-order valence-electron chi connectivity index (χ4n) is 3.90. The second-order valence-electron chi connectivity index (χ2n) is 8.12. The molecule has 4 rings (SSSR count). The number of amides is 1. The third-order valence-corrected chi connectivity index (χ3v) is 6.67. The van der Waals surface area contributed by atoms with Gasteiger partial charge >= 0.3 is 5.97 Å². The first-order valence-electron chi connectivity index (χ1n) is 11.1. The molecule has 1 N–H and O–H groups in total. The van der Waals surface area contributed by atoms with Gasteiger partial charge < -0.3 is 14.6 Å². The Labute approximate surface area is 197 Å². The highest BCUT2D eigenvalue weighted by molar-refractivity contribution is 7.98. The van der Waals surface area contributed by atoms with E-state index in [0.29, 0.717) is 23.0 Å². The lowest BCUT2D eigenvalue weighted by Gasteiger charge is -2.20. The van der Waals surface area contributed by atoms with Gasteiger partial charge in [-0.25, -0.2) is 4.79 Å². The van der Waals surface area contributed by atoms with Gasteiger partial charge in [0.15, 0.2) is 12.4 Å². The maximum atomic E-state index is 12.6. The molecule has 1 aromatic heterocycles. The predicted molar refractivity (Wildman–Crippen MR) is 125 cm³/mol. The number of aryl methyl sites for hydroxylation is 3. The lowest BCUT2D eigenvalue weighted by Crippen LogP contribution is -2.31. The summed E-state index contributed by atoms with van der Waals surface area (Å²) in [5.74, 6) is 0.603. The number of ether oxygens (including phenoxy) is 1. The molecule has 1 unspecified atom stereocenters. The molecule has 7 nitrogen and oxygen atoms in total. The van der Waals surface area contributed by atoms with E-state index in [1.54, 1.807) is 19.1 Å². The van der Waals surface area contributed by atoms with Crippen molar-refractivity contribution in [2.24, 2.45) is 0 Å². The fraction of sp³-hybridized carbons (Fsp3) is 0.360. The third-order valence-electron chi connectivity index (χ3n) is 5.61. The van der Waals surface area contributed by atoms with Crippen LogP contribution in [0.2, 0.25) is 0 Å². The number of carbonyl (C=O) groups excluding carboxylic acids is 2. The Morgan fingerprint density at radius 1 is 1.15 bits per heavy atom. The number of benzene rings is 2. The van der Waals surface area contributed by atoms with Gasteiger partial charge in [-0.05, 0) is 68.4 Å². The zero-order valence-electron chi connectivity index (χ0n) is 18.8. The minimum atomic E-state index is -0.545. The second kappa shape index (κ2) is 10.7. The summed E-state index contributed by atoms with van der Waals surface area (Å²) >= 11 is 1.40. The second-order valence-corrected chi connectivity index (χ2v) is 9.14. The van der Waals surface area contributed by atoms with Crippen LogP contribution in [0.4, 0.5) is 0 Å². The summed E-state index contributed by atoms with van der Waals surface area (Å²) in [7, 11) is 0. The zero-order chi connectivity index (χ0) is 23.2. The number of nitrogens with one attached hydrogen (secondary N) is 1. The fourth-order valence-corrected chi connectivity index (χ4v) is 4.78. The quantitative estimate of drug-likeness (QED) is 0.384. The van der Waals surface area contributed by atoms with E-state index in [4.69, 9.17) is 9.26 Å². The van der Waals surface area contributed by atoms with Crippen LogP contribution in [0.1, 0.15) is 64.6 Å². The topological polar surface area (TPSA) is 94.3 Å². The molecule has 8 heteroatoms. The largest absolute Gasteiger partial charge is 0.452 e. The summed E-state index contributed by atoms with van der Waals surface area (Å²) in [6, 6.07) is 13.4. The summed E-state index contributed by atoms with van der Waals surface area (Å²) in [4.78, 5) is 30.0. The molecule has 0 spiro atoms. The maximum Gasteiger partial charge on any atom is 0.339 e. The number of thioether (sulfide) groups is 1. The molecule has 1 heterocycles. The van der Waals surface area contributed by atoms with Crippen LogP contribution in [0.25, 0.3) is 0 Å². The number of hydrogen-bond donors (Lipinski definition) is 1. The first-order chi connectivity index (χ1) is 16.0. The highest BCUT2D eigenvalue weighted by atomic mass is 32.2. The molecule has 0 bridgehead atoms. The van der Waals surface area contributed by atoms with E-state index in [1.165, 1.54) is 35.7 Å². The van der Waals surface area contributed by atoms with E-state index in [-0.39, 0.29) is 18.6 Å². The van der Waals surface area contributed by atoms with Gasteiger partial charge in [0.1, 0.15) is 0 Å². The molecule has 1 aliphatic carbocycles. The average molecular weight is 466 g/mol. The number of esters is 1. The van der Waals surface area contributed by atoms with Crippen molar-refractivity contribution in [3.05, 3.63) is 76.4 Å². The molecule has 0 aliphatic heterocycles. The van der Waals surface area contributed by atoms with Crippen molar-refractivity contribution in [2.45, 2.75) is 56.2 Å². The van der Waals surface area contributed by atoms with Crippen LogP contribution in [0, 0.1) is 6.92 Å². The number of nitrogens with zero attached hydrogens (tertiary/aromatic N) is 2. The highest BCUT2D eigenvalue weighted by Gasteiger charge is 2.18. The molecule has 1 atom stereocenters. The van der Waals surface area contributed by atoms with Crippen LogP contribution in [0.15, 0.2) is 51.9 Å². The number of rotatable bonds is 8. The van der Waals surface area contributed by atoms with Gasteiger partial charge in [0.25, 0.3) is 5.91 Å². The molecule has 0 radical (unpaired) electrons. The standard InChI is InChI=1S/C25H27N3O4S/c1-16(19-12-11-18-7-3-4-8-20(18)13-19)26-23(29)14-31-25(30)21-9-5-6-10-22(21)33-15-24-27-17(2)28-32-24/h5-6,9-13,16H,3-4,7-8,14-15H2,1-2H3,(H,26,29). The molecule has 3 aromatic rings. The van der Waals surface area contributed by atoms with Crippen molar-refractivity contribution in [1.82, 2.24) is 15.5 Å². The van der Waals surface area contributed by atoms with Crippen molar-refractivity contribution in [2.75, 3.05) is 6.61 Å². The Bertz CT molecular complexity index is 1140. The lowest BCUT2D eigenvalue weighted by molar-refractivity contribution is -0.124. The minimum absolute atomic E-state index is 0.163. The molecule has 1 aliphatic rings. The molecule has 33 heavy (non-hydrogen) atoms. The monoisotopic (exact) mass is 465 g/mol. The van der Waals surface area contributed by atoms with Gasteiger partial charge in [0.2, 0.25) is 5.89 Å². The van der Waals surface area contributed by atoms with Crippen LogP contribution in [-0.4, -0.2) is 28.6 Å². The van der Waals surface area contributed by atoms with E-state index in [0.717, 1.165) is 23.3 Å². The highest BCUT2D eigenvalue weighted by Crippen LogP contribution is 2.27. The van der Waals surface area contributed by atoms with Crippen LogP contribution in [0.5, 0.6) is 0 Å². The first-order valence-corrected chi connectivity index (χ1v) is 12.1. The number of hydrogen-bond acceptors (Lipinski definition) is 7. The SMILES string of the molecule is Cc1noc(CSc2ccccc2C(=O)OCC(=O)NC(C)c2ccc3c(c2)CCCC3)n1. The van der Waals surface area contributed by atoms with Crippen molar-refractivity contribution >= 4 is 23.6 Å². The molecular weight excluding hydrogens is 438 g/mol. The number of aromatic nitrogens is 2. The Morgan fingerprint density at radius 2 is 1.94 bits per heavy atom. The van der Waals surface area contributed by atoms with Crippen LogP contribution < -0.4 is 5.32 Å². The maximum absolute atomic E-state index is 12.6. The summed E-state index contributed by atoms with van der Waals surface area (Å²) < 4.78 is 10.4. The van der Waals surface area contributed by atoms with Gasteiger partial charge in [-0.15, -0.1) is 11.8 Å². The molecule has 1 amide bonds. The minimum Gasteiger partial charge on any atom is -0.452 e. The zero-order valence-corrected chi connectivity index (χ0v) is 19.6. The third kappa shape index (κ3) is 6.01. The van der Waals surface area contributed by atoms with E-state index >= 15 is 0 Å². The Kier molecular flexibility index (Phi) is 7.44. The Morgan fingerprint density at radius 3 is 2.73 bits per heavy atom. The first kappa shape index (κ1) is 23.0. The lowest BCUT2D eigenvalue weighted by atomic mass is 9.89. The summed E-state index contributed by atoms with van der Waals surface area (Å²) in [6.45, 7) is 3.35. The summed E-state index contributed by atoms with van der Waals surface area (Å²) in [5, 5.41) is 6.69. The van der Waals surface area contributed by atoms with E-state index in [9.17, 15) is 9.59 Å². The molecule has 0 saturated heterocycles. The smallest absolute Gasteiger partial charge is 0.339 e. The van der Waals surface area contributed by atoms with Crippen LogP contribution in [0.3, 0.4) is 0 Å².